The summed E-state index contributed by atoms with van der Waals surface area (Å²) in [7, 11) is -4.37. The Morgan fingerprint density at radius 1 is 0.800 bits per heavy atom. The van der Waals surface area contributed by atoms with Gasteiger partial charge in [0, 0.05) is 30.9 Å². The quantitative estimate of drug-likeness (QED) is 0.335. The number of amides is 1. The largest absolute Gasteiger partial charge is 0.417 e. The highest BCUT2D eigenvalue weighted by atomic mass is 32.2. The van der Waals surface area contributed by atoms with Crippen LogP contribution in [0.2, 0.25) is 0 Å². The molecule has 1 aliphatic heterocycles. The average molecular weight is 597 g/mol. The van der Waals surface area contributed by atoms with Crippen molar-refractivity contribution in [3.63, 3.8) is 0 Å². The van der Waals surface area contributed by atoms with E-state index in [1.807, 2.05) is 0 Å². The van der Waals surface area contributed by atoms with Gasteiger partial charge in [-0.2, -0.15) is 39.5 Å². The maximum absolute atomic E-state index is 13.4. The number of sulfone groups is 1. The Kier molecular flexibility index (Phi) is 7.14. The van der Waals surface area contributed by atoms with Crippen molar-refractivity contribution in [2.45, 2.75) is 36.8 Å². The molecule has 0 fully saturated rings. The second-order valence-electron chi connectivity index (χ2n) is 8.66. The number of nitrogens with zero attached hydrogens (tertiary/aromatic N) is 3. The highest BCUT2D eigenvalue weighted by Gasteiger charge is 2.38. The van der Waals surface area contributed by atoms with E-state index < -0.39 is 78.4 Å². The molecule has 0 radical (unpaired) electrons. The van der Waals surface area contributed by atoms with E-state index in [-0.39, 0.29) is 30.4 Å². The molecule has 6 nitrogen and oxygen atoms in total. The molecule has 40 heavy (non-hydrogen) atoms. The standard InChI is InChI=1S/C24H16F9N3O3S/c1-2-40(38,39)19-7-13(12-5-14(22(25,26)27)8-15(6-12)23(28,29)30)10-35-20(19)21(37)36-4-3-17-18(36)9-16(11-34-17)24(31,32)33/h5-11H,2-4H2,1H3. The summed E-state index contributed by atoms with van der Waals surface area (Å²) in [6.45, 7) is 0.993. The van der Waals surface area contributed by atoms with Gasteiger partial charge in [-0.1, -0.05) is 6.92 Å². The third-order valence-electron chi connectivity index (χ3n) is 6.07. The van der Waals surface area contributed by atoms with Crippen molar-refractivity contribution in [3.8, 4) is 11.1 Å². The maximum atomic E-state index is 13.4. The van der Waals surface area contributed by atoms with Crippen LogP contribution in [0.5, 0.6) is 0 Å². The fourth-order valence-electron chi connectivity index (χ4n) is 4.02. The van der Waals surface area contributed by atoms with Crippen LogP contribution in [-0.2, 0) is 34.8 Å². The summed E-state index contributed by atoms with van der Waals surface area (Å²) in [6.07, 6.45) is -13.8. The smallest absolute Gasteiger partial charge is 0.305 e. The molecule has 0 unspecified atom stereocenters. The summed E-state index contributed by atoms with van der Waals surface area (Å²) in [5.74, 6) is -1.77. The van der Waals surface area contributed by atoms with E-state index >= 15 is 0 Å². The summed E-state index contributed by atoms with van der Waals surface area (Å²) >= 11 is 0. The molecule has 1 aromatic carbocycles. The van der Waals surface area contributed by atoms with Crippen LogP contribution in [0.25, 0.3) is 11.1 Å². The number of fused-ring (bicyclic) bond motifs is 1. The minimum Gasteiger partial charge on any atom is -0.305 e. The van der Waals surface area contributed by atoms with Crippen LogP contribution in [0.15, 0.2) is 47.6 Å². The lowest BCUT2D eigenvalue weighted by Gasteiger charge is -2.20. The Morgan fingerprint density at radius 3 is 1.90 bits per heavy atom. The van der Waals surface area contributed by atoms with Crippen LogP contribution in [0.3, 0.4) is 0 Å². The van der Waals surface area contributed by atoms with E-state index in [4.69, 9.17) is 0 Å². The van der Waals surface area contributed by atoms with Crippen molar-refractivity contribution in [2.24, 2.45) is 0 Å². The molecule has 214 valence electrons. The molecule has 16 heteroatoms. The van der Waals surface area contributed by atoms with Crippen LogP contribution in [0, 0.1) is 0 Å². The number of aromatic nitrogens is 2. The van der Waals surface area contributed by atoms with Crippen molar-refractivity contribution in [3.05, 3.63) is 70.8 Å². The normalized spacial score (nSPS) is 14.4. The first-order valence-corrected chi connectivity index (χ1v) is 12.9. The Hall–Kier alpha value is -3.69. The van der Waals surface area contributed by atoms with Crippen molar-refractivity contribution in [1.82, 2.24) is 9.97 Å². The summed E-state index contributed by atoms with van der Waals surface area (Å²) in [6, 6.07) is 2.02. The van der Waals surface area contributed by atoms with Gasteiger partial charge in [-0.15, -0.1) is 0 Å². The van der Waals surface area contributed by atoms with Gasteiger partial charge in [0.1, 0.15) is 5.69 Å². The van der Waals surface area contributed by atoms with Crippen molar-refractivity contribution >= 4 is 21.4 Å². The van der Waals surface area contributed by atoms with Crippen LogP contribution in [-0.4, -0.2) is 36.6 Å². The van der Waals surface area contributed by atoms with E-state index in [0.29, 0.717) is 24.4 Å². The van der Waals surface area contributed by atoms with Crippen molar-refractivity contribution in [1.29, 1.82) is 0 Å². The fraction of sp³-hybridized carbons (Fsp3) is 0.292. The van der Waals surface area contributed by atoms with E-state index in [1.165, 1.54) is 6.92 Å². The number of halogens is 9. The molecule has 0 spiro atoms. The SMILES string of the molecule is CCS(=O)(=O)c1cc(-c2cc(C(F)(F)F)cc(C(F)(F)F)c2)cnc1C(=O)N1CCc2ncc(C(F)(F)F)cc21. The number of carbonyl (C=O) groups excluding carboxylic acids is 1. The summed E-state index contributed by atoms with van der Waals surface area (Å²) < 4.78 is 145. The van der Waals surface area contributed by atoms with Crippen LogP contribution >= 0.6 is 0 Å². The third kappa shape index (κ3) is 5.62. The predicted octanol–water partition coefficient (Wildman–Crippen LogP) is 6.20. The van der Waals surface area contributed by atoms with Crippen LogP contribution < -0.4 is 4.90 Å². The van der Waals surface area contributed by atoms with Crippen LogP contribution in [0.4, 0.5) is 45.2 Å². The average Bonchev–Trinajstić information content (AvgIpc) is 3.29. The summed E-state index contributed by atoms with van der Waals surface area (Å²) in [5, 5.41) is 0. The highest BCUT2D eigenvalue weighted by Crippen LogP contribution is 2.40. The third-order valence-corrected chi connectivity index (χ3v) is 7.82. The Balaban J connectivity index is 1.86. The van der Waals surface area contributed by atoms with E-state index in [2.05, 4.69) is 9.97 Å². The molecule has 3 aromatic rings. The molecule has 2 aromatic heterocycles. The lowest BCUT2D eigenvalue weighted by molar-refractivity contribution is -0.143. The Bertz CT molecular complexity index is 1570. The molecule has 0 saturated carbocycles. The molecular weight excluding hydrogens is 581 g/mol. The number of hydrogen-bond acceptors (Lipinski definition) is 5. The van der Waals surface area contributed by atoms with Gasteiger partial charge in [0.25, 0.3) is 5.91 Å². The first-order chi connectivity index (χ1) is 18.3. The molecular formula is C24H16F9N3O3S. The second kappa shape index (κ2) is 9.74. The number of rotatable bonds is 4. The molecule has 4 rings (SSSR count). The van der Waals surface area contributed by atoms with Crippen molar-refractivity contribution < 1.29 is 52.7 Å². The molecule has 0 saturated heterocycles. The molecule has 1 amide bonds. The molecule has 1 aliphatic rings. The van der Waals surface area contributed by atoms with Gasteiger partial charge in [-0.05, 0) is 35.9 Å². The number of benzene rings is 1. The number of pyridine rings is 2. The minimum atomic E-state index is -5.18. The molecule has 3 heterocycles. The van der Waals surface area contributed by atoms with Gasteiger partial charge in [0.05, 0.1) is 38.7 Å². The van der Waals surface area contributed by atoms with Crippen molar-refractivity contribution in [2.75, 3.05) is 17.2 Å². The second-order valence-corrected chi connectivity index (χ2v) is 10.9. The summed E-state index contributed by atoms with van der Waals surface area (Å²) in [5.41, 5.74) is -6.49. The lowest BCUT2D eigenvalue weighted by atomic mass is 10.00. The van der Waals surface area contributed by atoms with Gasteiger partial charge >= 0.3 is 18.5 Å². The minimum absolute atomic E-state index is 0.0393. The zero-order valence-corrected chi connectivity index (χ0v) is 20.9. The fourth-order valence-corrected chi connectivity index (χ4v) is 5.07. The zero-order chi connectivity index (χ0) is 29.8. The Labute approximate surface area is 220 Å². The summed E-state index contributed by atoms with van der Waals surface area (Å²) in [4.78, 5) is 20.9. The van der Waals surface area contributed by atoms with Crippen LogP contribution in [0.1, 0.15) is 39.8 Å². The number of hydrogen-bond donors (Lipinski definition) is 0. The van der Waals surface area contributed by atoms with Gasteiger partial charge in [-0.3, -0.25) is 9.78 Å². The van der Waals surface area contributed by atoms with Gasteiger partial charge in [0.2, 0.25) is 0 Å². The highest BCUT2D eigenvalue weighted by molar-refractivity contribution is 7.91. The van der Waals surface area contributed by atoms with Gasteiger partial charge in [-0.25, -0.2) is 13.4 Å². The molecule has 0 aliphatic carbocycles. The van der Waals surface area contributed by atoms with Gasteiger partial charge in [0.15, 0.2) is 9.84 Å². The van der Waals surface area contributed by atoms with E-state index in [1.54, 1.807) is 0 Å². The lowest BCUT2D eigenvalue weighted by Crippen LogP contribution is -2.31. The first-order valence-electron chi connectivity index (χ1n) is 11.2. The number of carbonyl (C=O) groups is 1. The predicted molar refractivity (Wildman–Crippen MR) is 122 cm³/mol. The molecule has 0 N–H and O–H groups in total. The zero-order valence-electron chi connectivity index (χ0n) is 20.0. The van der Waals surface area contributed by atoms with E-state index in [0.717, 1.165) is 17.2 Å². The number of alkyl halides is 9. The molecule has 0 bridgehead atoms. The van der Waals surface area contributed by atoms with Gasteiger partial charge < -0.3 is 4.90 Å². The van der Waals surface area contributed by atoms with E-state index in [9.17, 15) is 52.7 Å². The topological polar surface area (TPSA) is 80.2 Å². The number of anilines is 1. The first kappa shape index (κ1) is 29.3. The Morgan fingerprint density at radius 2 is 1.38 bits per heavy atom. The monoisotopic (exact) mass is 597 g/mol. The maximum Gasteiger partial charge on any atom is 0.417 e. The molecule has 0 atom stereocenters.